The molecule has 0 unspecified atom stereocenters. The minimum absolute atomic E-state index is 0.438. The highest BCUT2D eigenvalue weighted by Crippen LogP contribution is 2.33. The van der Waals surface area contributed by atoms with Crippen molar-refractivity contribution < 1.29 is 0 Å². The Morgan fingerprint density at radius 3 is 2.62 bits per heavy atom. The SMILES string of the molecule is Cc1cc(N(C)C2CC2)c(C(N)=S)c(C)n1. The molecule has 1 heterocycles. The van der Waals surface area contributed by atoms with E-state index >= 15 is 0 Å². The van der Waals surface area contributed by atoms with Crippen LogP contribution in [0, 0.1) is 13.8 Å². The van der Waals surface area contributed by atoms with Gasteiger partial charge in [0.15, 0.2) is 0 Å². The molecule has 0 saturated heterocycles. The molecule has 0 bridgehead atoms. The van der Waals surface area contributed by atoms with Crippen LogP contribution in [0.15, 0.2) is 6.07 Å². The van der Waals surface area contributed by atoms with E-state index in [0.29, 0.717) is 11.0 Å². The van der Waals surface area contributed by atoms with Crippen molar-refractivity contribution >= 4 is 22.9 Å². The molecule has 1 aromatic heterocycles. The average molecular weight is 235 g/mol. The van der Waals surface area contributed by atoms with Crippen molar-refractivity contribution in [3.8, 4) is 0 Å². The summed E-state index contributed by atoms with van der Waals surface area (Å²) < 4.78 is 0. The molecule has 0 spiro atoms. The number of aromatic nitrogens is 1. The number of aryl methyl sites for hydroxylation is 2. The summed E-state index contributed by atoms with van der Waals surface area (Å²) in [6, 6.07) is 2.72. The molecule has 1 aliphatic carbocycles. The normalized spacial score (nSPS) is 14.9. The van der Waals surface area contributed by atoms with Crippen LogP contribution in [0.4, 0.5) is 5.69 Å². The molecule has 0 aliphatic heterocycles. The standard InChI is InChI=1S/C12H17N3S/c1-7-6-10(15(3)9-4-5-9)11(12(13)16)8(2)14-7/h6,9H,4-5H2,1-3H3,(H2,13,16). The zero-order valence-electron chi connectivity index (χ0n) is 9.95. The van der Waals surface area contributed by atoms with Gasteiger partial charge in [0, 0.05) is 24.5 Å². The Balaban J connectivity index is 2.51. The second-order valence-electron chi connectivity index (χ2n) is 4.45. The summed E-state index contributed by atoms with van der Waals surface area (Å²) in [6.07, 6.45) is 2.52. The third-order valence-electron chi connectivity index (χ3n) is 3.03. The number of pyridine rings is 1. The van der Waals surface area contributed by atoms with E-state index in [2.05, 4.69) is 23.0 Å². The zero-order chi connectivity index (χ0) is 11.9. The first-order valence-electron chi connectivity index (χ1n) is 5.51. The maximum Gasteiger partial charge on any atom is 0.107 e. The van der Waals surface area contributed by atoms with E-state index in [1.54, 1.807) is 0 Å². The van der Waals surface area contributed by atoms with Gasteiger partial charge in [0.25, 0.3) is 0 Å². The van der Waals surface area contributed by atoms with Crippen LogP contribution in [-0.4, -0.2) is 23.1 Å². The maximum absolute atomic E-state index is 5.79. The summed E-state index contributed by atoms with van der Waals surface area (Å²) >= 11 is 5.12. The number of rotatable bonds is 3. The fraction of sp³-hybridized carbons (Fsp3) is 0.500. The van der Waals surface area contributed by atoms with Crippen LogP contribution in [0.3, 0.4) is 0 Å². The van der Waals surface area contributed by atoms with Crippen molar-refractivity contribution in [2.24, 2.45) is 5.73 Å². The van der Waals surface area contributed by atoms with Crippen LogP contribution in [-0.2, 0) is 0 Å². The van der Waals surface area contributed by atoms with Gasteiger partial charge in [-0.25, -0.2) is 0 Å². The van der Waals surface area contributed by atoms with Gasteiger partial charge >= 0.3 is 0 Å². The summed E-state index contributed by atoms with van der Waals surface area (Å²) in [5.74, 6) is 0. The second kappa shape index (κ2) is 4.01. The molecule has 1 saturated carbocycles. The maximum atomic E-state index is 5.79. The van der Waals surface area contributed by atoms with Crippen LogP contribution < -0.4 is 10.6 Å². The molecule has 4 heteroatoms. The molecule has 2 rings (SSSR count). The number of nitrogens with zero attached hydrogens (tertiary/aromatic N) is 2. The fourth-order valence-electron chi connectivity index (χ4n) is 2.05. The van der Waals surface area contributed by atoms with Gasteiger partial charge in [-0.2, -0.15) is 0 Å². The van der Waals surface area contributed by atoms with E-state index in [1.165, 1.54) is 12.8 Å². The highest BCUT2D eigenvalue weighted by atomic mass is 32.1. The molecular weight excluding hydrogens is 218 g/mol. The Bertz CT molecular complexity index is 438. The molecule has 1 aliphatic rings. The third kappa shape index (κ3) is 2.02. The summed E-state index contributed by atoms with van der Waals surface area (Å²) in [4.78, 5) is 7.13. The van der Waals surface area contributed by atoms with Crippen molar-refractivity contribution in [3.05, 3.63) is 23.0 Å². The van der Waals surface area contributed by atoms with Gasteiger partial charge in [0.1, 0.15) is 4.99 Å². The van der Waals surface area contributed by atoms with Crippen molar-refractivity contribution in [1.82, 2.24) is 4.98 Å². The first-order chi connectivity index (χ1) is 7.50. The van der Waals surface area contributed by atoms with Crippen LogP contribution in [0.5, 0.6) is 0 Å². The van der Waals surface area contributed by atoms with E-state index in [0.717, 1.165) is 22.6 Å². The molecule has 0 radical (unpaired) electrons. The quantitative estimate of drug-likeness (QED) is 0.813. The highest BCUT2D eigenvalue weighted by Gasteiger charge is 2.28. The lowest BCUT2D eigenvalue weighted by atomic mass is 10.1. The van der Waals surface area contributed by atoms with E-state index in [4.69, 9.17) is 18.0 Å². The Hall–Kier alpha value is -1.16. The van der Waals surface area contributed by atoms with Crippen molar-refractivity contribution in [1.29, 1.82) is 0 Å². The van der Waals surface area contributed by atoms with Crippen LogP contribution >= 0.6 is 12.2 Å². The number of nitrogens with two attached hydrogens (primary N) is 1. The van der Waals surface area contributed by atoms with Crippen LogP contribution in [0.25, 0.3) is 0 Å². The first-order valence-corrected chi connectivity index (χ1v) is 5.92. The summed E-state index contributed by atoms with van der Waals surface area (Å²) in [5.41, 5.74) is 9.78. The lowest BCUT2D eigenvalue weighted by Gasteiger charge is -2.23. The van der Waals surface area contributed by atoms with E-state index in [-0.39, 0.29) is 0 Å². The predicted molar refractivity (Wildman–Crippen MR) is 71.0 cm³/mol. The predicted octanol–water partition coefficient (Wildman–Crippen LogP) is 1.93. The Morgan fingerprint density at radius 1 is 1.50 bits per heavy atom. The van der Waals surface area contributed by atoms with Gasteiger partial charge in [0.05, 0.1) is 11.3 Å². The van der Waals surface area contributed by atoms with Crippen LogP contribution in [0.1, 0.15) is 29.8 Å². The van der Waals surface area contributed by atoms with Gasteiger partial charge in [-0.3, -0.25) is 4.98 Å². The van der Waals surface area contributed by atoms with E-state index in [1.807, 2.05) is 13.8 Å². The number of hydrogen-bond acceptors (Lipinski definition) is 3. The molecule has 0 amide bonds. The minimum Gasteiger partial charge on any atom is -0.389 e. The molecule has 16 heavy (non-hydrogen) atoms. The molecule has 3 nitrogen and oxygen atoms in total. The lowest BCUT2D eigenvalue weighted by Crippen LogP contribution is -2.25. The van der Waals surface area contributed by atoms with Crippen molar-refractivity contribution in [3.63, 3.8) is 0 Å². The van der Waals surface area contributed by atoms with Gasteiger partial charge in [-0.05, 0) is 32.8 Å². The van der Waals surface area contributed by atoms with E-state index < -0.39 is 0 Å². The first kappa shape index (κ1) is 11.3. The van der Waals surface area contributed by atoms with Gasteiger partial charge in [-0.15, -0.1) is 0 Å². The monoisotopic (exact) mass is 235 g/mol. The van der Waals surface area contributed by atoms with E-state index in [9.17, 15) is 0 Å². The smallest absolute Gasteiger partial charge is 0.107 e. The van der Waals surface area contributed by atoms with Crippen molar-refractivity contribution in [2.45, 2.75) is 32.7 Å². The third-order valence-corrected chi connectivity index (χ3v) is 3.23. The molecule has 2 N–H and O–H groups in total. The topological polar surface area (TPSA) is 42.1 Å². The minimum atomic E-state index is 0.438. The van der Waals surface area contributed by atoms with Crippen molar-refractivity contribution in [2.75, 3.05) is 11.9 Å². The highest BCUT2D eigenvalue weighted by molar-refractivity contribution is 7.80. The summed E-state index contributed by atoms with van der Waals surface area (Å²) in [7, 11) is 2.10. The Labute approximate surface area is 102 Å². The number of thiocarbonyl (C=S) groups is 1. The largest absolute Gasteiger partial charge is 0.389 e. The number of anilines is 1. The molecule has 1 fully saturated rings. The second-order valence-corrected chi connectivity index (χ2v) is 4.89. The van der Waals surface area contributed by atoms with Gasteiger partial charge in [0.2, 0.25) is 0 Å². The van der Waals surface area contributed by atoms with Gasteiger partial charge in [-0.1, -0.05) is 12.2 Å². The zero-order valence-corrected chi connectivity index (χ0v) is 10.8. The lowest BCUT2D eigenvalue weighted by molar-refractivity contribution is 0.907. The van der Waals surface area contributed by atoms with Crippen LogP contribution in [0.2, 0.25) is 0 Å². The Morgan fingerprint density at radius 2 is 2.12 bits per heavy atom. The average Bonchev–Trinajstić information content (AvgIpc) is 2.97. The fourth-order valence-corrected chi connectivity index (χ4v) is 2.30. The molecular formula is C12H17N3S. The summed E-state index contributed by atoms with van der Waals surface area (Å²) in [6.45, 7) is 3.96. The summed E-state index contributed by atoms with van der Waals surface area (Å²) in [5, 5.41) is 0. The number of hydrogen-bond donors (Lipinski definition) is 1. The van der Waals surface area contributed by atoms with Gasteiger partial charge < -0.3 is 10.6 Å². The molecule has 0 aromatic carbocycles. The molecule has 1 aromatic rings. The Kier molecular flexibility index (Phi) is 2.84. The molecule has 0 atom stereocenters. The molecule has 86 valence electrons.